The summed E-state index contributed by atoms with van der Waals surface area (Å²) in [7, 11) is 0. The molecule has 0 unspecified atom stereocenters. The molecule has 0 amide bonds. The van der Waals surface area contributed by atoms with Crippen molar-refractivity contribution in [3.63, 3.8) is 0 Å². The average molecular weight is 276 g/mol. The lowest BCUT2D eigenvalue weighted by Crippen LogP contribution is -1.95. The van der Waals surface area contributed by atoms with Crippen LogP contribution in [0.15, 0.2) is 16.7 Å². The highest BCUT2D eigenvalue weighted by Gasteiger charge is 2.11. The third-order valence-corrected chi connectivity index (χ3v) is 2.34. The summed E-state index contributed by atoms with van der Waals surface area (Å²) in [4.78, 5) is 14.5. The Balaban J connectivity index is 2.76. The highest BCUT2D eigenvalue weighted by atomic mass is 79.9. The van der Waals surface area contributed by atoms with E-state index >= 15 is 0 Å². The first kappa shape index (κ1) is 9.42. The Morgan fingerprint density at radius 3 is 3.00 bits per heavy atom. The molecule has 0 aliphatic carbocycles. The number of rotatable bonds is 1. The lowest BCUT2D eigenvalue weighted by molar-refractivity contribution is 0.0691. The van der Waals surface area contributed by atoms with Crippen LogP contribution in [0.5, 0.6) is 0 Å². The van der Waals surface area contributed by atoms with Gasteiger partial charge in [0.15, 0.2) is 16.5 Å². The molecule has 0 bridgehead atoms. The van der Waals surface area contributed by atoms with Gasteiger partial charge in [-0.1, -0.05) is 11.6 Å². The second-order valence-electron chi connectivity index (χ2n) is 2.51. The van der Waals surface area contributed by atoms with E-state index in [2.05, 4.69) is 26.0 Å². The van der Waals surface area contributed by atoms with Crippen LogP contribution in [0.2, 0.25) is 5.15 Å². The first-order valence-corrected chi connectivity index (χ1v) is 4.70. The molecule has 72 valence electrons. The van der Waals surface area contributed by atoms with Gasteiger partial charge in [0.25, 0.3) is 0 Å². The minimum absolute atomic E-state index is 0.0690. The lowest BCUT2D eigenvalue weighted by atomic mass is 10.5. The van der Waals surface area contributed by atoms with Crippen molar-refractivity contribution in [1.82, 2.24) is 14.6 Å². The number of hydrogen-bond acceptors (Lipinski definition) is 3. The number of imidazole rings is 1. The maximum absolute atomic E-state index is 10.6. The zero-order chi connectivity index (χ0) is 10.3. The molecule has 0 aliphatic rings. The Kier molecular flexibility index (Phi) is 2.16. The Bertz CT molecular complexity index is 525. The van der Waals surface area contributed by atoms with Crippen molar-refractivity contribution in [2.24, 2.45) is 0 Å². The zero-order valence-corrected chi connectivity index (χ0v) is 8.95. The van der Waals surface area contributed by atoms with Crippen molar-refractivity contribution in [2.75, 3.05) is 0 Å². The first-order chi connectivity index (χ1) is 6.58. The molecule has 14 heavy (non-hydrogen) atoms. The maximum atomic E-state index is 10.6. The summed E-state index contributed by atoms with van der Waals surface area (Å²) < 4.78 is 1.92. The lowest BCUT2D eigenvalue weighted by Gasteiger charge is -1.94. The van der Waals surface area contributed by atoms with Crippen LogP contribution in [0.4, 0.5) is 0 Å². The fourth-order valence-corrected chi connectivity index (χ4v) is 1.82. The van der Waals surface area contributed by atoms with Gasteiger partial charge in [0.1, 0.15) is 0 Å². The largest absolute Gasteiger partial charge is 0.476 e. The van der Waals surface area contributed by atoms with Gasteiger partial charge in [0.2, 0.25) is 0 Å². The maximum Gasteiger partial charge on any atom is 0.356 e. The highest BCUT2D eigenvalue weighted by Crippen LogP contribution is 2.19. The van der Waals surface area contributed by atoms with Crippen LogP contribution in [0, 0.1) is 0 Å². The van der Waals surface area contributed by atoms with Crippen molar-refractivity contribution in [3.05, 3.63) is 27.6 Å². The van der Waals surface area contributed by atoms with Gasteiger partial charge in [-0.05, 0) is 22.0 Å². The fraction of sp³-hybridized carbons (Fsp3) is 0. The fourth-order valence-electron chi connectivity index (χ4n) is 1.01. The summed E-state index contributed by atoms with van der Waals surface area (Å²) in [5, 5.41) is 12.8. The summed E-state index contributed by atoms with van der Waals surface area (Å²) in [5.74, 6) is -1.10. The van der Waals surface area contributed by atoms with Gasteiger partial charge in [-0.15, -0.1) is 0 Å². The predicted octanol–water partition coefficient (Wildman–Crippen LogP) is 1.84. The molecule has 1 N–H and O–H groups in total. The van der Waals surface area contributed by atoms with Crippen LogP contribution >= 0.6 is 27.5 Å². The van der Waals surface area contributed by atoms with Gasteiger partial charge in [-0.3, -0.25) is 0 Å². The van der Waals surface area contributed by atoms with Crippen molar-refractivity contribution in [3.8, 4) is 0 Å². The van der Waals surface area contributed by atoms with Gasteiger partial charge in [0.05, 0.1) is 10.7 Å². The molecule has 0 aliphatic heterocycles. The molecular weight excluding hydrogens is 273 g/mol. The molecular formula is C7H3BrClN3O2. The van der Waals surface area contributed by atoms with E-state index in [9.17, 15) is 4.79 Å². The van der Waals surface area contributed by atoms with Crippen LogP contribution in [0.25, 0.3) is 5.65 Å². The molecule has 0 fully saturated rings. The number of nitrogens with zero attached hydrogens (tertiary/aromatic N) is 3. The number of aromatic carboxylic acids is 1. The summed E-state index contributed by atoms with van der Waals surface area (Å²) in [6.07, 6.45) is 1.30. The minimum atomic E-state index is -1.10. The van der Waals surface area contributed by atoms with Crippen molar-refractivity contribution in [2.45, 2.75) is 0 Å². The summed E-state index contributed by atoms with van der Waals surface area (Å²) in [6, 6.07) is 1.55. The second kappa shape index (κ2) is 3.21. The molecule has 2 aromatic rings. The van der Waals surface area contributed by atoms with Crippen LogP contribution in [-0.2, 0) is 0 Å². The molecule has 0 atom stereocenters. The zero-order valence-electron chi connectivity index (χ0n) is 6.61. The summed E-state index contributed by atoms with van der Waals surface area (Å²) in [5.41, 5.74) is 0.354. The van der Waals surface area contributed by atoms with E-state index in [4.69, 9.17) is 16.7 Å². The topological polar surface area (TPSA) is 67.5 Å². The smallest absolute Gasteiger partial charge is 0.356 e. The third-order valence-electron chi connectivity index (χ3n) is 1.57. The monoisotopic (exact) mass is 275 g/mol. The van der Waals surface area contributed by atoms with Gasteiger partial charge in [-0.2, -0.15) is 5.10 Å². The normalized spacial score (nSPS) is 10.7. The molecule has 0 saturated carbocycles. The number of halogens is 2. The van der Waals surface area contributed by atoms with Crippen molar-refractivity contribution in [1.29, 1.82) is 0 Å². The number of carbonyl (C=O) groups is 1. The van der Waals surface area contributed by atoms with Crippen LogP contribution < -0.4 is 0 Å². The van der Waals surface area contributed by atoms with E-state index in [1.807, 2.05) is 0 Å². The van der Waals surface area contributed by atoms with Crippen LogP contribution in [-0.4, -0.2) is 25.7 Å². The highest BCUT2D eigenvalue weighted by molar-refractivity contribution is 9.10. The van der Waals surface area contributed by atoms with E-state index in [1.54, 1.807) is 6.07 Å². The van der Waals surface area contributed by atoms with E-state index < -0.39 is 5.97 Å². The van der Waals surface area contributed by atoms with Crippen LogP contribution in [0.3, 0.4) is 0 Å². The van der Waals surface area contributed by atoms with E-state index in [-0.39, 0.29) is 10.8 Å². The Labute approximate surface area is 91.4 Å². The van der Waals surface area contributed by atoms with Gasteiger partial charge in [-0.25, -0.2) is 14.3 Å². The predicted molar refractivity (Wildman–Crippen MR) is 52.7 cm³/mol. The number of hydrogen-bond donors (Lipinski definition) is 1. The molecule has 0 saturated heterocycles. The van der Waals surface area contributed by atoms with Gasteiger partial charge < -0.3 is 5.11 Å². The van der Waals surface area contributed by atoms with Gasteiger partial charge >= 0.3 is 5.97 Å². The quantitative estimate of drug-likeness (QED) is 0.863. The molecule has 2 rings (SSSR count). The van der Waals surface area contributed by atoms with E-state index in [0.717, 1.165) is 0 Å². The molecule has 2 aromatic heterocycles. The standard InChI is InChI=1S/C7H3BrClN3O2/c8-3-1-5(9)11-12-2-4(7(13)14)10-6(3)12/h1-2H,(H,13,14). The molecule has 7 heteroatoms. The van der Waals surface area contributed by atoms with E-state index in [1.165, 1.54) is 10.7 Å². The molecule has 0 aromatic carbocycles. The van der Waals surface area contributed by atoms with E-state index in [0.29, 0.717) is 10.1 Å². The Hall–Kier alpha value is -1.14. The summed E-state index contributed by atoms with van der Waals surface area (Å²) >= 11 is 8.89. The number of carboxylic acid groups (broad SMARTS) is 1. The number of fused-ring (bicyclic) bond motifs is 1. The number of aromatic nitrogens is 3. The van der Waals surface area contributed by atoms with Crippen molar-refractivity contribution >= 4 is 39.1 Å². The summed E-state index contributed by atoms with van der Waals surface area (Å²) in [6.45, 7) is 0. The molecule has 0 radical (unpaired) electrons. The SMILES string of the molecule is O=C(O)c1cn2nc(Cl)cc(Br)c2n1. The molecule has 2 heterocycles. The Morgan fingerprint density at radius 2 is 2.36 bits per heavy atom. The number of carboxylic acids is 1. The second-order valence-corrected chi connectivity index (χ2v) is 3.76. The molecule has 0 spiro atoms. The molecule has 5 nitrogen and oxygen atoms in total. The Morgan fingerprint density at radius 1 is 1.64 bits per heavy atom. The van der Waals surface area contributed by atoms with Crippen molar-refractivity contribution < 1.29 is 9.90 Å². The third kappa shape index (κ3) is 1.46. The first-order valence-electron chi connectivity index (χ1n) is 3.52. The average Bonchev–Trinajstić information content (AvgIpc) is 2.47. The minimum Gasteiger partial charge on any atom is -0.476 e. The van der Waals surface area contributed by atoms with Crippen LogP contribution in [0.1, 0.15) is 10.5 Å². The van der Waals surface area contributed by atoms with Gasteiger partial charge in [0, 0.05) is 0 Å².